The monoisotopic (exact) mass is 420 g/mol. The molecule has 2 aromatic rings. The van der Waals surface area contributed by atoms with E-state index in [-0.39, 0.29) is 0 Å². The van der Waals surface area contributed by atoms with Crippen LogP contribution >= 0.6 is 15.9 Å². The molecule has 0 amide bonds. The molecular formula is C20H25BrN2O3. The lowest BCUT2D eigenvalue weighted by atomic mass is 10.1. The minimum absolute atomic E-state index is 0.740. The summed E-state index contributed by atoms with van der Waals surface area (Å²) in [6.45, 7) is 4.83. The highest BCUT2D eigenvalue weighted by Gasteiger charge is 2.21. The normalized spacial score (nSPS) is 15.0. The van der Waals surface area contributed by atoms with Crippen LogP contribution in [-0.4, -0.2) is 52.4 Å². The fourth-order valence-electron chi connectivity index (χ4n) is 3.33. The van der Waals surface area contributed by atoms with Crippen molar-refractivity contribution < 1.29 is 14.2 Å². The van der Waals surface area contributed by atoms with Crippen molar-refractivity contribution >= 4 is 21.6 Å². The Hall–Kier alpha value is -1.92. The van der Waals surface area contributed by atoms with Gasteiger partial charge < -0.3 is 19.1 Å². The average Bonchev–Trinajstić information content (AvgIpc) is 2.69. The number of anilines is 1. The summed E-state index contributed by atoms with van der Waals surface area (Å²) in [4.78, 5) is 4.84. The highest BCUT2D eigenvalue weighted by atomic mass is 79.9. The maximum Gasteiger partial charge on any atom is 0.175 e. The molecule has 0 bridgehead atoms. The lowest BCUT2D eigenvalue weighted by Gasteiger charge is -2.36. The van der Waals surface area contributed by atoms with Crippen molar-refractivity contribution in [2.24, 2.45) is 0 Å². The Morgan fingerprint density at radius 2 is 1.54 bits per heavy atom. The highest BCUT2D eigenvalue weighted by Crippen LogP contribution is 2.38. The van der Waals surface area contributed by atoms with E-state index in [9.17, 15) is 0 Å². The topological polar surface area (TPSA) is 34.2 Å². The molecule has 5 nitrogen and oxygen atoms in total. The molecule has 1 fully saturated rings. The first-order chi connectivity index (χ1) is 12.7. The van der Waals surface area contributed by atoms with Crippen LogP contribution in [0.4, 0.5) is 5.69 Å². The molecule has 0 spiro atoms. The van der Waals surface area contributed by atoms with Crippen LogP contribution in [0.25, 0.3) is 0 Å². The first-order valence-corrected chi connectivity index (χ1v) is 9.47. The number of benzene rings is 2. The predicted octanol–water partition coefficient (Wildman–Crippen LogP) is 3.80. The number of para-hydroxylation sites is 2. The van der Waals surface area contributed by atoms with E-state index in [0.717, 1.165) is 54.4 Å². The van der Waals surface area contributed by atoms with E-state index < -0.39 is 0 Å². The fourth-order valence-corrected chi connectivity index (χ4v) is 3.95. The smallest absolute Gasteiger partial charge is 0.175 e. The minimum Gasteiger partial charge on any atom is -0.495 e. The summed E-state index contributed by atoms with van der Waals surface area (Å²) in [5.74, 6) is 2.42. The Morgan fingerprint density at radius 1 is 0.846 bits per heavy atom. The molecule has 140 valence electrons. The van der Waals surface area contributed by atoms with Gasteiger partial charge >= 0.3 is 0 Å². The molecule has 26 heavy (non-hydrogen) atoms. The predicted molar refractivity (Wildman–Crippen MR) is 108 cm³/mol. The van der Waals surface area contributed by atoms with Gasteiger partial charge in [0, 0.05) is 32.7 Å². The van der Waals surface area contributed by atoms with Crippen LogP contribution in [0.2, 0.25) is 0 Å². The molecule has 0 radical (unpaired) electrons. The summed E-state index contributed by atoms with van der Waals surface area (Å²) in [6, 6.07) is 12.3. The number of hydrogen-bond acceptors (Lipinski definition) is 5. The number of methoxy groups -OCH3 is 3. The quantitative estimate of drug-likeness (QED) is 0.709. The number of nitrogens with zero attached hydrogens (tertiary/aromatic N) is 2. The largest absolute Gasteiger partial charge is 0.495 e. The molecule has 0 aliphatic carbocycles. The van der Waals surface area contributed by atoms with Gasteiger partial charge in [-0.25, -0.2) is 0 Å². The van der Waals surface area contributed by atoms with Gasteiger partial charge in [-0.2, -0.15) is 0 Å². The third-order valence-corrected chi connectivity index (χ3v) is 5.63. The molecule has 0 saturated carbocycles. The van der Waals surface area contributed by atoms with E-state index >= 15 is 0 Å². The summed E-state index contributed by atoms with van der Waals surface area (Å²) in [5.41, 5.74) is 2.37. The number of halogens is 1. The molecule has 1 aliphatic heterocycles. The van der Waals surface area contributed by atoms with Gasteiger partial charge in [0.25, 0.3) is 0 Å². The Kier molecular flexibility index (Phi) is 6.27. The van der Waals surface area contributed by atoms with Crippen molar-refractivity contribution in [3.63, 3.8) is 0 Å². The SMILES string of the molecule is COc1ccccc1N1CCN(Cc2ccc(OC)c(OC)c2Br)CC1. The van der Waals surface area contributed by atoms with Gasteiger partial charge in [0.05, 0.1) is 31.5 Å². The first kappa shape index (κ1) is 18.9. The second kappa shape index (κ2) is 8.64. The summed E-state index contributed by atoms with van der Waals surface area (Å²) >= 11 is 3.67. The van der Waals surface area contributed by atoms with E-state index in [1.807, 2.05) is 18.2 Å². The molecule has 3 rings (SSSR count). The number of ether oxygens (including phenoxy) is 3. The Morgan fingerprint density at radius 3 is 2.19 bits per heavy atom. The fraction of sp³-hybridized carbons (Fsp3) is 0.400. The van der Waals surface area contributed by atoms with E-state index in [1.54, 1.807) is 21.3 Å². The van der Waals surface area contributed by atoms with Crippen LogP contribution in [-0.2, 0) is 6.54 Å². The maximum atomic E-state index is 5.50. The molecule has 1 saturated heterocycles. The van der Waals surface area contributed by atoms with Gasteiger partial charge in [-0.05, 0) is 39.7 Å². The molecule has 6 heteroatoms. The molecule has 0 unspecified atom stereocenters. The summed E-state index contributed by atoms with van der Waals surface area (Å²) in [7, 11) is 5.04. The van der Waals surface area contributed by atoms with Gasteiger partial charge in [0.1, 0.15) is 5.75 Å². The van der Waals surface area contributed by atoms with Crippen LogP contribution in [0, 0.1) is 0 Å². The Labute approximate surface area is 163 Å². The molecule has 0 atom stereocenters. The van der Waals surface area contributed by atoms with Crippen molar-refractivity contribution in [1.29, 1.82) is 0 Å². The molecule has 1 heterocycles. The standard InChI is InChI=1S/C20H25BrN2O3/c1-24-17-7-5-4-6-16(17)23-12-10-22(11-13-23)14-15-8-9-18(25-2)20(26-3)19(15)21/h4-9H,10-14H2,1-3H3. The van der Waals surface area contributed by atoms with Gasteiger partial charge in [-0.15, -0.1) is 0 Å². The van der Waals surface area contributed by atoms with E-state index in [2.05, 4.69) is 43.9 Å². The van der Waals surface area contributed by atoms with Crippen LogP contribution in [0.1, 0.15) is 5.56 Å². The van der Waals surface area contributed by atoms with Gasteiger partial charge in [0.2, 0.25) is 0 Å². The van der Waals surface area contributed by atoms with Crippen LogP contribution in [0.3, 0.4) is 0 Å². The van der Waals surface area contributed by atoms with E-state index in [4.69, 9.17) is 14.2 Å². The van der Waals surface area contributed by atoms with Crippen LogP contribution in [0.15, 0.2) is 40.9 Å². The number of rotatable bonds is 6. The van der Waals surface area contributed by atoms with Crippen molar-refractivity contribution in [3.8, 4) is 17.2 Å². The third kappa shape index (κ3) is 3.91. The zero-order valence-electron chi connectivity index (χ0n) is 15.5. The van der Waals surface area contributed by atoms with Gasteiger partial charge in [-0.1, -0.05) is 18.2 Å². The van der Waals surface area contributed by atoms with Crippen LogP contribution in [0.5, 0.6) is 17.2 Å². The first-order valence-electron chi connectivity index (χ1n) is 8.67. The van der Waals surface area contributed by atoms with Crippen molar-refractivity contribution in [1.82, 2.24) is 4.90 Å². The zero-order chi connectivity index (χ0) is 18.5. The Balaban J connectivity index is 1.66. The minimum atomic E-state index is 0.740. The van der Waals surface area contributed by atoms with Crippen LogP contribution < -0.4 is 19.1 Å². The molecule has 1 aliphatic rings. The summed E-state index contributed by atoms with van der Waals surface area (Å²) in [5, 5.41) is 0. The third-order valence-electron chi connectivity index (χ3n) is 4.76. The average molecular weight is 421 g/mol. The lowest BCUT2D eigenvalue weighted by Crippen LogP contribution is -2.46. The van der Waals surface area contributed by atoms with Crippen molar-refractivity contribution in [3.05, 3.63) is 46.4 Å². The molecule has 0 aromatic heterocycles. The second-order valence-corrected chi connectivity index (χ2v) is 7.00. The van der Waals surface area contributed by atoms with Crippen molar-refractivity contribution in [2.75, 3.05) is 52.4 Å². The van der Waals surface area contributed by atoms with Gasteiger partial charge in [-0.3, -0.25) is 4.90 Å². The molecule has 0 N–H and O–H groups in total. The Bertz CT molecular complexity index is 746. The van der Waals surface area contributed by atoms with E-state index in [0.29, 0.717) is 0 Å². The maximum absolute atomic E-state index is 5.50. The molecular weight excluding hydrogens is 396 g/mol. The lowest BCUT2D eigenvalue weighted by molar-refractivity contribution is 0.248. The zero-order valence-corrected chi connectivity index (χ0v) is 17.1. The number of hydrogen-bond donors (Lipinski definition) is 0. The van der Waals surface area contributed by atoms with E-state index in [1.165, 1.54) is 11.3 Å². The highest BCUT2D eigenvalue weighted by molar-refractivity contribution is 9.10. The van der Waals surface area contributed by atoms with Crippen molar-refractivity contribution in [2.45, 2.75) is 6.54 Å². The molecule has 2 aromatic carbocycles. The summed E-state index contributed by atoms with van der Waals surface area (Å²) < 4.78 is 17.3. The summed E-state index contributed by atoms with van der Waals surface area (Å²) in [6.07, 6.45) is 0. The van der Waals surface area contributed by atoms with Gasteiger partial charge in [0.15, 0.2) is 11.5 Å². The second-order valence-electron chi connectivity index (χ2n) is 6.21. The number of piperazine rings is 1.